The molecule has 0 heterocycles. The fourth-order valence-corrected chi connectivity index (χ4v) is 2.78. The Morgan fingerprint density at radius 1 is 1.18 bits per heavy atom. The van der Waals surface area contributed by atoms with Crippen LogP contribution < -0.4 is 5.73 Å². The van der Waals surface area contributed by atoms with Gasteiger partial charge in [0.25, 0.3) is 0 Å². The van der Waals surface area contributed by atoms with Gasteiger partial charge in [0.05, 0.1) is 0 Å². The fraction of sp³-hybridized carbons (Fsp3) is 0.923. The Morgan fingerprint density at radius 2 is 1.59 bits per heavy atom. The highest BCUT2D eigenvalue weighted by molar-refractivity contribution is 7.81. The second kappa shape index (κ2) is 6.64. The molecular weight excluding hydrogens is 234 g/mol. The molecule has 0 amide bonds. The van der Waals surface area contributed by atoms with Crippen LogP contribution in [0.5, 0.6) is 0 Å². The number of carbonyl (C=O) groups is 1. The van der Waals surface area contributed by atoms with E-state index in [9.17, 15) is 9.90 Å². The second-order valence-corrected chi connectivity index (χ2v) is 5.94. The highest BCUT2D eigenvalue weighted by atomic mass is 32.1. The van der Waals surface area contributed by atoms with Crippen molar-refractivity contribution in [2.75, 3.05) is 0 Å². The number of hydrogen-bond acceptors (Lipinski definition) is 3. The van der Waals surface area contributed by atoms with E-state index in [0.29, 0.717) is 0 Å². The molecule has 1 unspecified atom stereocenters. The van der Waals surface area contributed by atoms with Crippen LogP contribution in [0.15, 0.2) is 0 Å². The zero-order valence-corrected chi connectivity index (χ0v) is 12.4. The summed E-state index contributed by atoms with van der Waals surface area (Å²) < 4.78 is -0.112. The van der Waals surface area contributed by atoms with E-state index in [1.807, 2.05) is 13.8 Å². The minimum atomic E-state index is -0.906. The summed E-state index contributed by atoms with van der Waals surface area (Å²) in [5, 5.41) is 9.17. The maximum atomic E-state index is 11.2. The summed E-state index contributed by atoms with van der Waals surface area (Å²) in [5.41, 5.74) is 5.55. The summed E-state index contributed by atoms with van der Waals surface area (Å²) in [5.74, 6) is -0.906. The molecule has 0 aromatic heterocycles. The van der Waals surface area contributed by atoms with Gasteiger partial charge in [-0.1, -0.05) is 27.7 Å². The van der Waals surface area contributed by atoms with Crippen LogP contribution in [0.25, 0.3) is 0 Å². The topological polar surface area (TPSA) is 63.3 Å². The van der Waals surface area contributed by atoms with Gasteiger partial charge >= 0.3 is 5.97 Å². The number of hydrogen-bond donors (Lipinski definition) is 3. The van der Waals surface area contributed by atoms with Gasteiger partial charge in [-0.3, -0.25) is 4.79 Å². The Kier molecular flexibility index (Phi) is 6.56. The average Bonchev–Trinajstić information content (AvgIpc) is 2.35. The van der Waals surface area contributed by atoms with Crippen LogP contribution in [-0.4, -0.2) is 21.9 Å². The highest BCUT2D eigenvalue weighted by Crippen LogP contribution is 2.43. The first-order valence-corrected chi connectivity index (χ1v) is 6.96. The molecule has 0 aliphatic rings. The van der Waals surface area contributed by atoms with E-state index in [1.54, 1.807) is 0 Å². The number of nitrogens with two attached hydrogens (primary N) is 1. The van der Waals surface area contributed by atoms with Crippen molar-refractivity contribution in [1.29, 1.82) is 0 Å². The van der Waals surface area contributed by atoms with Crippen LogP contribution in [0.4, 0.5) is 0 Å². The number of carboxylic acid groups (broad SMARTS) is 1. The summed E-state index contributed by atoms with van der Waals surface area (Å²) in [6, 6.07) is -0.804. The van der Waals surface area contributed by atoms with Crippen molar-refractivity contribution >= 4 is 18.6 Å². The predicted octanol–water partition coefficient (Wildman–Crippen LogP) is 3.08. The van der Waals surface area contributed by atoms with E-state index in [4.69, 9.17) is 18.4 Å². The molecule has 0 radical (unpaired) electrons. The van der Waals surface area contributed by atoms with E-state index in [-0.39, 0.29) is 10.2 Å². The largest absolute Gasteiger partial charge is 0.480 e. The van der Waals surface area contributed by atoms with Gasteiger partial charge in [0.15, 0.2) is 0 Å². The quantitative estimate of drug-likeness (QED) is 0.588. The summed E-state index contributed by atoms with van der Waals surface area (Å²) in [6.07, 6.45) is 4.18. The Balaban J connectivity index is 5.14. The van der Waals surface area contributed by atoms with E-state index >= 15 is 0 Å². The minimum absolute atomic E-state index is 0.112. The summed E-state index contributed by atoms with van der Waals surface area (Å²) in [6.45, 7) is 8.23. The van der Waals surface area contributed by atoms with E-state index in [1.165, 1.54) is 0 Å². The molecule has 4 heteroatoms. The zero-order valence-electron chi connectivity index (χ0n) is 11.5. The summed E-state index contributed by atoms with van der Waals surface area (Å²) >= 11 is 4.73. The smallest absolute Gasteiger partial charge is 0.321 e. The predicted molar refractivity (Wildman–Crippen MR) is 75.5 cm³/mol. The molecule has 0 rings (SSSR count). The highest BCUT2D eigenvalue weighted by Gasteiger charge is 2.42. The lowest BCUT2D eigenvalue weighted by Gasteiger charge is -2.42. The normalized spacial score (nSPS) is 14.7. The first-order valence-electron chi connectivity index (χ1n) is 6.51. The molecule has 3 nitrogen and oxygen atoms in total. The van der Waals surface area contributed by atoms with Crippen LogP contribution in [0, 0.1) is 5.41 Å². The van der Waals surface area contributed by atoms with Gasteiger partial charge in [-0.25, -0.2) is 0 Å². The zero-order chi connectivity index (χ0) is 13.7. The molecule has 1 atom stereocenters. The lowest BCUT2D eigenvalue weighted by atomic mass is 9.68. The van der Waals surface area contributed by atoms with Crippen LogP contribution in [-0.2, 0) is 4.79 Å². The lowest BCUT2D eigenvalue weighted by Crippen LogP contribution is -2.49. The third-order valence-corrected chi connectivity index (χ3v) is 5.12. The monoisotopic (exact) mass is 261 g/mol. The third kappa shape index (κ3) is 3.88. The van der Waals surface area contributed by atoms with Gasteiger partial charge in [0, 0.05) is 4.75 Å². The van der Waals surface area contributed by atoms with Crippen LogP contribution in [0.2, 0.25) is 0 Å². The maximum absolute atomic E-state index is 11.2. The van der Waals surface area contributed by atoms with Crippen molar-refractivity contribution in [3.05, 3.63) is 0 Å². The Bertz CT molecular complexity index is 248. The number of thiol groups is 1. The summed E-state index contributed by atoms with van der Waals surface area (Å²) in [7, 11) is 0. The van der Waals surface area contributed by atoms with Crippen LogP contribution in [0.1, 0.15) is 59.8 Å². The van der Waals surface area contributed by atoms with Gasteiger partial charge in [0.2, 0.25) is 0 Å². The number of rotatable bonds is 8. The van der Waals surface area contributed by atoms with Crippen molar-refractivity contribution < 1.29 is 9.90 Å². The molecule has 0 saturated heterocycles. The van der Waals surface area contributed by atoms with Crippen LogP contribution >= 0.6 is 12.6 Å². The van der Waals surface area contributed by atoms with Gasteiger partial charge in [-0.2, -0.15) is 12.6 Å². The van der Waals surface area contributed by atoms with Gasteiger partial charge in [0.1, 0.15) is 6.04 Å². The molecule has 0 saturated carbocycles. The third-order valence-electron chi connectivity index (χ3n) is 4.33. The molecule has 0 bridgehead atoms. The SMILES string of the molecule is CCC(S)(CC)CC(CC)(CC)C(N)C(=O)O. The number of aliphatic carboxylic acids is 1. The average molecular weight is 261 g/mol. The van der Waals surface area contributed by atoms with Crippen molar-refractivity contribution in [3.8, 4) is 0 Å². The molecule has 0 fully saturated rings. The Hall–Kier alpha value is -0.220. The van der Waals surface area contributed by atoms with E-state index in [0.717, 1.165) is 32.1 Å². The standard InChI is InChI=1S/C13H27NO2S/c1-5-12(6-2,10(14)11(15)16)9-13(17,7-3)8-4/h10,17H,5-9,14H2,1-4H3,(H,15,16). The first-order chi connectivity index (χ1) is 7.80. The van der Waals surface area contributed by atoms with Crippen LogP contribution in [0.3, 0.4) is 0 Å². The molecule has 0 spiro atoms. The molecule has 0 aliphatic heterocycles. The Morgan fingerprint density at radius 3 is 1.82 bits per heavy atom. The van der Waals surface area contributed by atoms with Crippen molar-refractivity contribution in [2.24, 2.45) is 11.1 Å². The van der Waals surface area contributed by atoms with E-state index < -0.39 is 12.0 Å². The second-order valence-electron chi connectivity index (χ2n) is 4.99. The molecule has 0 aliphatic carbocycles. The van der Waals surface area contributed by atoms with Gasteiger partial charge in [-0.15, -0.1) is 0 Å². The molecule has 0 aromatic rings. The molecule has 102 valence electrons. The summed E-state index contributed by atoms with van der Waals surface area (Å²) in [4.78, 5) is 11.2. The van der Waals surface area contributed by atoms with Gasteiger partial charge in [-0.05, 0) is 37.5 Å². The van der Waals surface area contributed by atoms with Crippen molar-refractivity contribution in [3.63, 3.8) is 0 Å². The molecular formula is C13H27NO2S. The number of carboxylic acids is 1. The van der Waals surface area contributed by atoms with E-state index in [2.05, 4.69) is 13.8 Å². The Labute approximate surface area is 111 Å². The van der Waals surface area contributed by atoms with Gasteiger partial charge < -0.3 is 10.8 Å². The fourth-order valence-electron chi connectivity index (χ4n) is 2.47. The lowest BCUT2D eigenvalue weighted by molar-refractivity contribution is -0.142. The minimum Gasteiger partial charge on any atom is -0.480 e. The molecule has 0 aromatic carbocycles. The molecule has 17 heavy (non-hydrogen) atoms. The molecule has 3 N–H and O–H groups in total. The maximum Gasteiger partial charge on any atom is 0.321 e. The van der Waals surface area contributed by atoms with Crippen molar-refractivity contribution in [1.82, 2.24) is 0 Å². The first kappa shape index (κ1) is 16.8. The van der Waals surface area contributed by atoms with Crippen molar-refractivity contribution in [2.45, 2.75) is 70.6 Å².